The molecule has 0 atom stereocenters. The predicted molar refractivity (Wildman–Crippen MR) is 83.3 cm³/mol. The second-order valence-electron chi connectivity index (χ2n) is 4.17. The van der Waals surface area contributed by atoms with Crippen LogP contribution >= 0.6 is 47.0 Å². The highest BCUT2D eigenvalue weighted by Gasteiger charge is 2.27. The average molecular weight is 340 g/mol. The summed E-state index contributed by atoms with van der Waals surface area (Å²) in [6, 6.07) is 9.73. The lowest BCUT2D eigenvalue weighted by molar-refractivity contribution is 0.621. The van der Waals surface area contributed by atoms with Gasteiger partial charge in [0, 0.05) is 19.6 Å². The molecule has 0 amide bonds. The summed E-state index contributed by atoms with van der Waals surface area (Å²) in [5, 5.41) is 0. The van der Waals surface area contributed by atoms with Crippen LogP contribution in [0.15, 0.2) is 64.5 Å². The van der Waals surface area contributed by atoms with Crippen LogP contribution in [0.5, 0.6) is 0 Å². The van der Waals surface area contributed by atoms with E-state index in [1.807, 2.05) is 12.1 Å². The van der Waals surface area contributed by atoms with E-state index < -0.39 is 0 Å². The highest BCUT2D eigenvalue weighted by Crippen LogP contribution is 2.61. The lowest BCUT2D eigenvalue weighted by atomic mass is 10.3. The van der Waals surface area contributed by atoms with Crippen molar-refractivity contribution in [3.05, 3.63) is 56.5 Å². The van der Waals surface area contributed by atoms with Gasteiger partial charge < -0.3 is 0 Å². The van der Waals surface area contributed by atoms with Gasteiger partial charge in [-0.15, -0.1) is 0 Å². The van der Waals surface area contributed by atoms with Crippen LogP contribution in [0, 0.1) is 11.6 Å². The van der Waals surface area contributed by atoms with Crippen molar-refractivity contribution < 1.29 is 8.78 Å². The first-order valence-electron chi connectivity index (χ1n) is 5.74. The van der Waals surface area contributed by atoms with Gasteiger partial charge in [-0.25, -0.2) is 8.78 Å². The third-order valence-electron chi connectivity index (χ3n) is 2.79. The van der Waals surface area contributed by atoms with Crippen molar-refractivity contribution in [1.29, 1.82) is 0 Å². The minimum absolute atomic E-state index is 0.208. The zero-order chi connectivity index (χ0) is 13.7. The minimum atomic E-state index is -0.208. The molecule has 2 aliphatic heterocycles. The molecule has 2 aromatic rings. The summed E-state index contributed by atoms with van der Waals surface area (Å²) >= 11 is 6.49. The van der Waals surface area contributed by atoms with E-state index in [1.54, 1.807) is 59.2 Å². The summed E-state index contributed by atoms with van der Waals surface area (Å²) in [6.07, 6.45) is 0. The van der Waals surface area contributed by atoms with Crippen LogP contribution < -0.4 is 0 Å². The molecule has 0 nitrogen and oxygen atoms in total. The van der Waals surface area contributed by atoms with Crippen LogP contribution in [-0.2, 0) is 0 Å². The Morgan fingerprint density at radius 3 is 1.40 bits per heavy atom. The lowest BCUT2D eigenvalue weighted by Gasteiger charge is -1.98. The Hall–Kier alpha value is -0.560. The van der Waals surface area contributed by atoms with E-state index in [-0.39, 0.29) is 11.6 Å². The van der Waals surface area contributed by atoms with E-state index in [0.29, 0.717) is 0 Å². The van der Waals surface area contributed by atoms with Crippen molar-refractivity contribution in [3.63, 3.8) is 0 Å². The monoisotopic (exact) mass is 340 g/mol. The first-order chi connectivity index (χ1) is 9.69. The zero-order valence-corrected chi connectivity index (χ0v) is 13.1. The van der Waals surface area contributed by atoms with Crippen LogP contribution in [0.25, 0.3) is 0 Å². The van der Waals surface area contributed by atoms with E-state index in [9.17, 15) is 8.78 Å². The van der Waals surface area contributed by atoms with E-state index in [2.05, 4.69) is 0 Å². The molecular weight excluding hydrogens is 334 g/mol. The smallest absolute Gasteiger partial charge is 0.124 e. The Balaban J connectivity index is 1.68. The number of thioether (sulfide) groups is 4. The molecule has 0 aromatic heterocycles. The summed E-state index contributed by atoms with van der Waals surface area (Å²) in [5.74, 6) is -0.416. The van der Waals surface area contributed by atoms with Crippen molar-refractivity contribution in [2.75, 3.05) is 0 Å². The molecule has 0 unspecified atom stereocenters. The van der Waals surface area contributed by atoms with Crippen LogP contribution in [0.2, 0.25) is 0 Å². The lowest BCUT2D eigenvalue weighted by Crippen LogP contribution is -1.74. The maximum atomic E-state index is 13.2. The van der Waals surface area contributed by atoms with E-state index in [0.717, 1.165) is 28.1 Å². The molecule has 0 saturated heterocycles. The molecular formula is C14H6F2S4. The van der Waals surface area contributed by atoms with Crippen LogP contribution in [0.1, 0.15) is 0 Å². The largest absolute Gasteiger partial charge is 0.207 e. The van der Waals surface area contributed by atoms with Crippen molar-refractivity contribution >= 4 is 47.0 Å². The highest BCUT2D eigenvalue weighted by molar-refractivity contribution is 8.30. The Morgan fingerprint density at radius 2 is 0.950 bits per heavy atom. The number of hydrogen-bond donors (Lipinski definition) is 0. The van der Waals surface area contributed by atoms with Gasteiger partial charge in [-0.2, -0.15) is 0 Å². The quantitative estimate of drug-likeness (QED) is 0.561. The summed E-state index contributed by atoms with van der Waals surface area (Å²) < 4.78 is 28.8. The van der Waals surface area contributed by atoms with E-state index in [1.165, 1.54) is 12.1 Å². The predicted octanol–water partition coefficient (Wildman–Crippen LogP) is 6.19. The average Bonchev–Trinajstić information content (AvgIpc) is 3.00. The minimum Gasteiger partial charge on any atom is -0.207 e. The highest BCUT2D eigenvalue weighted by atomic mass is 32.2. The molecule has 0 N–H and O–H groups in total. The molecule has 4 rings (SSSR count). The number of fused-ring (bicyclic) bond motifs is 2. The number of hydrogen-bond acceptors (Lipinski definition) is 4. The molecule has 6 heteroatoms. The Bertz CT molecular complexity index is 691. The van der Waals surface area contributed by atoms with E-state index in [4.69, 9.17) is 0 Å². The van der Waals surface area contributed by atoms with Crippen LogP contribution in [0.3, 0.4) is 0 Å². The summed E-state index contributed by atoms with van der Waals surface area (Å²) in [6.45, 7) is 0. The molecule has 0 fully saturated rings. The van der Waals surface area contributed by atoms with Gasteiger partial charge in [0.1, 0.15) is 11.6 Å². The molecule has 2 heterocycles. The van der Waals surface area contributed by atoms with Gasteiger partial charge in [-0.1, -0.05) is 47.0 Å². The standard InChI is InChI=1S/C14H6F2S4/c15-7-1-3-9-11(5-7)19-13(17-9)14-18-10-4-2-8(16)6-12(10)20-14/h1-6H/b14-13-. The number of benzene rings is 2. The van der Waals surface area contributed by atoms with Gasteiger partial charge in [0.15, 0.2) is 0 Å². The summed E-state index contributed by atoms with van der Waals surface area (Å²) in [7, 11) is 0. The van der Waals surface area contributed by atoms with Crippen molar-refractivity contribution in [3.8, 4) is 0 Å². The SMILES string of the molecule is Fc1ccc2c(c1)S/C(=C1/Sc3ccc(F)cc3S1)S2. The van der Waals surface area contributed by atoms with Gasteiger partial charge in [0.2, 0.25) is 0 Å². The second kappa shape index (κ2) is 5.02. The molecule has 100 valence electrons. The zero-order valence-electron chi connectivity index (χ0n) is 9.85. The summed E-state index contributed by atoms with van der Waals surface area (Å²) in [5.41, 5.74) is 0. The molecule has 20 heavy (non-hydrogen) atoms. The van der Waals surface area contributed by atoms with Gasteiger partial charge in [-0.3, -0.25) is 0 Å². The van der Waals surface area contributed by atoms with Crippen molar-refractivity contribution in [2.45, 2.75) is 19.6 Å². The molecule has 0 radical (unpaired) electrons. The summed E-state index contributed by atoms with van der Waals surface area (Å²) in [4.78, 5) is 4.09. The normalized spacial score (nSPS) is 20.1. The molecule has 0 saturated carbocycles. The maximum absolute atomic E-state index is 13.2. The molecule has 0 spiro atoms. The Morgan fingerprint density at radius 1 is 0.550 bits per heavy atom. The number of halogens is 2. The molecule has 2 aliphatic rings. The van der Waals surface area contributed by atoms with Crippen molar-refractivity contribution in [2.24, 2.45) is 0 Å². The van der Waals surface area contributed by atoms with Gasteiger partial charge >= 0.3 is 0 Å². The van der Waals surface area contributed by atoms with Crippen molar-refractivity contribution in [1.82, 2.24) is 0 Å². The number of rotatable bonds is 0. The third kappa shape index (κ3) is 2.28. The molecule has 0 bridgehead atoms. The maximum Gasteiger partial charge on any atom is 0.124 e. The van der Waals surface area contributed by atoms with Crippen LogP contribution in [-0.4, -0.2) is 0 Å². The second-order valence-corrected chi connectivity index (χ2v) is 8.89. The first kappa shape index (κ1) is 13.1. The fourth-order valence-corrected chi connectivity index (χ4v) is 7.21. The third-order valence-corrected chi connectivity index (χ3v) is 8.39. The van der Waals surface area contributed by atoms with Gasteiger partial charge in [-0.05, 0) is 36.4 Å². The van der Waals surface area contributed by atoms with Gasteiger partial charge in [0.25, 0.3) is 0 Å². The fraction of sp³-hybridized carbons (Fsp3) is 0. The Kier molecular flexibility index (Phi) is 3.29. The molecule has 0 aliphatic carbocycles. The topological polar surface area (TPSA) is 0 Å². The van der Waals surface area contributed by atoms with E-state index >= 15 is 0 Å². The molecule has 2 aromatic carbocycles. The van der Waals surface area contributed by atoms with Crippen LogP contribution in [0.4, 0.5) is 8.78 Å². The van der Waals surface area contributed by atoms with Gasteiger partial charge in [0.05, 0.1) is 8.47 Å². The first-order valence-corrected chi connectivity index (χ1v) is 9.00. The fourth-order valence-electron chi connectivity index (χ4n) is 1.90. The Labute approximate surface area is 131 Å².